The molecule has 0 aromatic carbocycles. The summed E-state index contributed by atoms with van der Waals surface area (Å²) in [6.45, 7) is 2.29. The lowest BCUT2D eigenvalue weighted by molar-refractivity contribution is 0.0614. The van der Waals surface area contributed by atoms with Crippen molar-refractivity contribution >= 4 is 11.3 Å². The molecule has 1 aliphatic carbocycles. The quantitative estimate of drug-likeness (QED) is 0.870. The van der Waals surface area contributed by atoms with Crippen LogP contribution in [0.2, 0.25) is 0 Å². The number of nitrogens with one attached hydrogen (secondary N) is 1. The minimum absolute atomic E-state index is 0.501. The molecule has 1 fully saturated rings. The van der Waals surface area contributed by atoms with Gasteiger partial charge in [-0.3, -0.25) is 0 Å². The van der Waals surface area contributed by atoms with Crippen LogP contribution in [0.15, 0.2) is 17.5 Å². The molecular formula is C14H23NOS. The van der Waals surface area contributed by atoms with Gasteiger partial charge in [0.2, 0.25) is 0 Å². The van der Waals surface area contributed by atoms with E-state index in [4.69, 9.17) is 4.74 Å². The maximum Gasteiger partial charge on any atom is 0.0572 e. The van der Waals surface area contributed by atoms with Gasteiger partial charge in [0.05, 0.1) is 6.10 Å². The molecule has 96 valence electrons. The van der Waals surface area contributed by atoms with Crippen molar-refractivity contribution in [3.8, 4) is 0 Å². The van der Waals surface area contributed by atoms with Crippen molar-refractivity contribution in [1.29, 1.82) is 0 Å². The average molecular weight is 253 g/mol. The Balaban J connectivity index is 1.70. The fourth-order valence-electron chi connectivity index (χ4n) is 2.66. The van der Waals surface area contributed by atoms with Gasteiger partial charge in [0.1, 0.15) is 0 Å². The van der Waals surface area contributed by atoms with Crippen LogP contribution in [0.1, 0.15) is 37.5 Å². The van der Waals surface area contributed by atoms with Crippen LogP contribution in [0.5, 0.6) is 0 Å². The second-order valence-electron chi connectivity index (χ2n) is 5.06. The molecule has 3 heteroatoms. The van der Waals surface area contributed by atoms with Crippen LogP contribution in [-0.4, -0.2) is 25.3 Å². The molecule has 1 saturated carbocycles. The molecule has 1 aliphatic rings. The molecule has 0 aliphatic heterocycles. The second-order valence-corrected chi connectivity index (χ2v) is 6.09. The summed E-state index contributed by atoms with van der Waals surface area (Å²) < 4.78 is 5.40. The number of hydrogen-bond donors (Lipinski definition) is 1. The van der Waals surface area contributed by atoms with Gasteiger partial charge >= 0.3 is 0 Å². The first-order valence-electron chi connectivity index (χ1n) is 6.59. The Bertz CT molecular complexity index is 304. The van der Waals surface area contributed by atoms with Gasteiger partial charge in [0.25, 0.3) is 0 Å². The summed E-state index contributed by atoms with van der Waals surface area (Å²) in [6.07, 6.45) is 6.59. The number of methoxy groups -OCH3 is 1. The van der Waals surface area contributed by atoms with E-state index in [1.54, 1.807) is 0 Å². The van der Waals surface area contributed by atoms with E-state index >= 15 is 0 Å². The van der Waals surface area contributed by atoms with Crippen LogP contribution in [0.4, 0.5) is 0 Å². The molecule has 0 amide bonds. The van der Waals surface area contributed by atoms with E-state index in [2.05, 4.69) is 29.8 Å². The lowest BCUT2D eigenvalue weighted by Gasteiger charge is -2.30. The van der Waals surface area contributed by atoms with E-state index in [0.29, 0.717) is 18.2 Å². The predicted molar refractivity (Wildman–Crippen MR) is 73.7 cm³/mol. The molecule has 17 heavy (non-hydrogen) atoms. The summed E-state index contributed by atoms with van der Waals surface area (Å²) in [5.74, 6) is 0. The van der Waals surface area contributed by atoms with E-state index < -0.39 is 0 Å². The van der Waals surface area contributed by atoms with E-state index in [-0.39, 0.29) is 0 Å². The molecule has 2 rings (SSSR count). The molecule has 1 N–H and O–H groups in total. The predicted octanol–water partition coefficient (Wildman–Crippen LogP) is 3.23. The maximum atomic E-state index is 5.40. The van der Waals surface area contributed by atoms with Gasteiger partial charge in [0.15, 0.2) is 0 Å². The van der Waals surface area contributed by atoms with Gasteiger partial charge in [-0.15, -0.1) is 11.3 Å². The molecule has 1 aromatic heterocycles. The lowest BCUT2D eigenvalue weighted by Crippen LogP contribution is -2.41. The SMILES string of the molecule is COC1CCC(NC(C)Cc2cccs2)CC1. The van der Waals surface area contributed by atoms with E-state index in [1.165, 1.54) is 30.6 Å². The second kappa shape index (κ2) is 6.53. The highest BCUT2D eigenvalue weighted by atomic mass is 32.1. The maximum absolute atomic E-state index is 5.40. The van der Waals surface area contributed by atoms with Crippen molar-refractivity contribution in [2.45, 2.75) is 57.2 Å². The van der Waals surface area contributed by atoms with Gasteiger partial charge in [-0.05, 0) is 50.5 Å². The Labute approximate surface area is 108 Å². The molecular weight excluding hydrogens is 230 g/mol. The first kappa shape index (κ1) is 13.1. The third-order valence-electron chi connectivity index (χ3n) is 3.62. The Hall–Kier alpha value is -0.380. The summed E-state index contributed by atoms with van der Waals surface area (Å²) in [6, 6.07) is 5.63. The minimum atomic E-state index is 0.501. The Morgan fingerprint density at radius 3 is 2.76 bits per heavy atom. The monoisotopic (exact) mass is 253 g/mol. The fourth-order valence-corrected chi connectivity index (χ4v) is 3.49. The highest BCUT2D eigenvalue weighted by Crippen LogP contribution is 2.21. The molecule has 1 unspecified atom stereocenters. The molecule has 1 aromatic rings. The lowest BCUT2D eigenvalue weighted by atomic mass is 9.92. The van der Waals surface area contributed by atoms with Crippen molar-refractivity contribution in [2.75, 3.05) is 7.11 Å². The molecule has 0 spiro atoms. The third-order valence-corrected chi connectivity index (χ3v) is 4.51. The van der Waals surface area contributed by atoms with E-state index in [1.807, 2.05) is 18.4 Å². The normalized spacial score (nSPS) is 26.9. The van der Waals surface area contributed by atoms with Crippen molar-refractivity contribution in [3.63, 3.8) is 0 Å². The average Bonchev–Trinajstić information content (AvgIpc) is 2.82. The number of rotatable bonds is 5. The third kappa shape index (κ3) is 4.09. The highest BCUT2D eigenvalue weighted by molar-refractivity contribution is 7.09. The summed E-state index contributed by atoms with van der Waals surface area (Å²) in [4.78, 5) is 1.48. The summed E-state index contributed by atoms with van der Waals surface area (Å²) in [5.41, 5.74) is 0. The molecule has 1 atom stereocenters. The Morgan fingerprint density at radius 1 is 1.41 bits per heavy atom. The van der Waals surface area contributed by atoms with Crippen LogP contribution in [0.3, 0.4) is 0 Å². The zero-order valence-electron chi connectivity index (χ0n) is 10.8. The van der Waals surface area contributed by atoms with E-state index in [9.17, 15) is 0 Å². The molecule has 1 heterocycles. The number of ether oxygens (including phenoxy) is 1. The molecule has 0 radical (unpaired) electrons. The molecule has 0 bridgehead atoms. The zero-order chi connectivity index (χ0) is 12.1. The van der Waals surface area contributed by atoms with Gasteiger partial charge in [0, 0.05) is 24.1 Å². The summed E-state index contributed by atoms with van der Waals surface area (Å²) in [7, 11) is 1.83. The van der Waals surface area contributed by atoms with Crippen molar-refractivity contribution < 1.29 is 4.74 Å². The van der Waals surface area contributed by atoms with E-state index in [0.717, 1.165) is 6.42 Å². The molecule has 0 saturated heterocycles. The number of thiophene rings is 1. The van der Waals surface area contributed by atoms with Crippen molar-refractivity contribution in [3.05, 3.63) is 22.4 Å². The van der Waals surface area contributed by atoms with Crippen molar-refractivity contribution in [2.24, 2.45) is 0 Å². The highest BCUT2D eigenvalue weighted by Gasteiger charge is 2.21. The van der Waals surface area contributed by atoms with Gasteiger partial charge in [-0.25, -0.2) is 0 Å². The smallest absolute Gasteiger partial charge is 0.0572 e. The Morgan fingerprint density at radius 2 is 2.18 bits per heavy atom. The van der Waals surface area contributed by atoms with Crippen LogP contribution in [0, 0.1) is 0 Å². The number of hydrogen-bond acceptors (Lipinski definition) is 3. The fraction of sp³-hybridized carbons (Fsp3) is 0.714. The standard InChI is InChI=1S/C14H23NOS/c1-11(10-14-4-3-9-17-14)15-12-5-7-13(16-2)8-6-12/h3-4,9,11-13,15H,5-8,10H2,1-2H3. The van der Waals surface area contributed by atoms with Gasteiger partial charge in [-0.2, -0.15) is 0 Å². The largest absolute Gasteiger partial charge is 0.381 e. The first-order valence-corrected chi connectivity index (χ1v) is 7.47. The first-order chi connectivity index (χ1) is 8.28. The molecule has 2 nitrogen and oxygen atoms in total. The van der Waals surface area contributed by atoms with Gasteiger partial charge < -0.3 is 10.1 Å². The minimum Gasteiger partial charge on any atom is -0.381 e. The van der Waals surface area contributed by atoms with Crippen molar-refractivity contribution in [1.82, 2.24) is 5.32 Å². The zero-order valence-corrected chi connectivity index (χ0v) is 11.6. The summed E-state index contributed by atoms with van der Waals surface area (Å²) in [5, 5.41) is 5.91. The van der Waals surface area contributed by atoms with Crippen LogP contribution in [0.25, 0.3) is 0 Å². The van der Waals surface area contributed by atoms with Gasteiger partial charge in [-0.1, -0.05) is 6.07 Å². The van der Waals surface area contributed by atoms with Crippen LogP contribution < -0.4 is 5.32 Å². The van der Waals surface area contributed by atoms with Crippen LogP contribution in [-0.2, 0) is 11.2 Å². The topological polar surface area (TPSA) is 21.3 Å². The van der Waals surface area contributed by atoms with Crippen LogP contribution >= 0.6 is 11.3 Å². The summed E-state index contributed by atoms with van der Waals surface area (Å²) >= 11 is 1.86. The Kier molecular flexibility index (Phi) is 5.01.